The summed E-state index contributed by atoms with van der Waals surface area (Å²) < 4.78 is 56.6. The summed E-state index contributed by atoms with van der Waals surface area (Å²) >= 11 is 0. The zero-order valence-corrected chi connectivity index (χ0v) is 14.7. The van der Waals surface area contributed by atoms with Crippen molar-refractivity contribution >= 4 is 5.69 Å². The van der Waals surface area contributed by atoms with Gasteiger partial charge in [-0.3, -0.25) is 0 Å². The van der Waals surface area contributed by atoms with Crippen LogP contribution in [-0.4, -0.2) is 45.8 Å². The standard InChI is InChI=1S/C16H19F3N4O4/c1-8-7-10(20)11-13-22-23-14(27-13)15(24,16(17,18)19)4-6-25-5-3-9(2)26-12(8)21-11/h7,9,24H,3-6,20H2,1-2H3/t9-,15?/m1/s1. The van der Waals surface area contributed by atoms with Crippen LogP contribution in [0.1, 0.15) is 31.2 Å². The average Bonchev–Trinajstić information content (AvgIpc) is 3.05. The number of nitrogens with two attached hydrogens (primary N) is 1. The maximum atomic E-state index is 13.5. The number of ether oxygens (including phenoxy) is 2. The van der Waals surface area contributed by atoms with Crippen LogP contribution in [0.5, 0.6) is 5.88 Å². The second-order valence-corrected chi connectivity index (χ2v) is 6.40. The molecule has 0 saturated heterocycles. The Morgan fingerprint density at radius 1 is 1.30 bits per heavy atom. The topological polar surface area (TPSA) is 117 Å². The number of halogens is 3. The molecule has 2 aromatic rings. The summed E-state index contributed by atoms with van der Waals surface area (Å²) in [6, 6.07) is 1.55. The molecule has 2 aromatic heterocycles. The molecule has 2 atom stereocenters. The molecule has 11 heteroatoms. The lowest BCUT2D eigenvalue weighted by molar-refractivity contribution is -0.279. The van der Waals surface area contributed by atoms with Gasteiger partial charge in [-0.1, -0.05) is 0 Å². The molecule has 148 valence electrons. The van der Waals surface area contributed by atoms with E-state index in [1.165, 1.54) is 0 Å². The lowest BCUT2D eigenvalue weighted by Crippen LogP contribution is -2.43. The fourth-order valence-electron chi connectivity index (χ4n) is 2.58. The van der Waals surface area contributed by atoms with Gasteiger partial charge >= 0.3 is 6.18 Å². The molecule has 27 heavy (non-hydrogen) atoms. The number of fused-ring (bicyclic) bond motifs is 5. The molecule has 8 nitrogen and oxygen atoms in total. The largest absolute Gasteiger partial charge is 0.474 e. The zero-order valence-electron chi connectivity index (χ0n) is 14.7. The molecule has 0 aromatic carbocycles. The van der Waals surface area contributed by atoms with E-state index in [1.807, 2.05) is 0 Å². The van der Waals surface area contributed by atoms with Crippen molar-refractivity contribution < 1.29 is 32.2 Å². The van der Waals surface area contributed by atoms with E-state index < -0.39 is 24.1 Å². The second kappa shape index (κ2) is 6.97. The Bertz CT molecular complexity index is 826. The molecular weight excluding hydrogens is 369 g/mol. The Hall–Kier alpha value is -2.40. The molecule has 0 radical (unpaired) electrons. The summed E-state index contributed by atoms with van der Waals surface area (Å²) in [4.78, 5) is 4.22. The second-order valence-electron chi connectivity index (χ2n) is 6.40. The molecule has 0 fully saturated rings. The monoisotopic (exact) mass is 388 g/mol. The van der Waals surface area contributed by atoms with Crippen molar-refractivity contribution in [2.24, 2.45) is 0 Å². The SMILES string of the molecule is Cc1cc(N)c2nc1O[C@H](C)CCOCCC(O)(C(F)(F)F)c1nnc-2o1. The fourth-order valence-corrected chi connectivity index (χ4v) is 2.58. The Morgan fingerprint density at radius 2 is 2.04 bits per heavy atom. The van der Waals surface area contributed by atoms with Gasteiger partial charge in [0.1, 0.15) is 0 Å². The smallest absolute Gasteiger partial charge is 0.426 e. The molecule has 1 unspecified atom stereocenters. The lowest BCUT2D eigenvalue weighted by Gasteiger charge is -2.27. The lowest BCUT2D eigenvalue weighted by atomic mass is 9.99. The van der Waals surface area contributed by atoms with Crippen LogP contribution in [0.25, 0.3) is 11.6 Å². The molecule has 0 spiro atoms. The Kier molecular flexibility index (Phi) is 5.00. The first kappa shape index (κ1) is 19.4. The van der Waals surface area contributed by atoms with Crippen LogP contribution in [0.15, 0.2) is 10.5 Å². The van der Waals surface area contributed by atoms with E-state index in [1.54, 1.807) is 19.9 Å². The van der Waals surface area contributed by atoms with Gasteiger partial charge in [0, 0.05) is 18.4 Å². The van der Waals surface area contributed by atoms with Crippen molar-refractivity contribution in [1.29, 1.82) is 0 Å². The van der Waals surface area contributed by atoms with Crippen LogP contribution >= 0.6 is 0 Å². The van der Waals surface area contributed by atoms with Crippen LogP contribution in [0.2, 0.25) is 0 Å². The number of nitrogens with zero attached hydrogens (tertiary/aromatic N) is 3. The van der Waals surface area contributed by atoms with Crippen molar-refractivity contribution in [3.8, 4) is 17.5 Å². The first-order chi connectivity index (χ1) is 12.6. The Balaban J connectivity index is 2.11. The Labute approximate surface area is 152 Å². The van der Waals surface area contributed by atoms with Crippen molar-refractivity contribution in [2.75, 3.05) is 18.9 Å². The molecule has 4 bridgehead atoms. The van der Waals surface area contributed by atoms with E-state index in [2.05, 4.69) is 15.2 Å². The van der Waals surface area contributed by atoms with E-state index in [4.69, 9.17) is 19.6 Å². The molecule has 1 aliphatic heterocycles. The van der Waals surface area contributed by atoms with E-state index in [0.29, 0.717) is 12.0 Å². The third-order valence-corrected chi connectivity index (χ3v) is 4.24. The highest BCUT2D eigenvalue weighted by Gasteiger charge is 2.58. The molecule has 0 saturated carbocycles. The van der Waals surface area contributed by atoms with E-state index in [0.717, 1.165) is 0 Å². The van der Waals surface area contributed by atoms with E-state index in [9.17, 15) is 18.3 Å². The minimum Gasteiger partial charge on any atom is -0.474 e. The number of aryl methyl sites for hydroxylation is 1. The summed E-state index contributed by atoms with van der Waals surface area (Å²) in [5, 5.41) is 17.2. The first-order valence-electron chi connectivity index (χ1n) is 8.27. The molecule has 3 heterocycles. The molecular formula is C16H19F3N4O4. The zero-order chi connectivity index (χ0) is 19.8. The molecule has 3 N–H and O–H groups in total. The number of rotatable bonds is 0. The molecule has 1 aliphatic rings. The number of aromatic nitrogens is 3. The first-order valence-corrected chi connectivity index (χ1v) is 8.27. The number of pyridine rings is 1. The normalized spacial score (nSPS) is 24.1. The van der Waals surface area contributed by atoms with Crippen molar-refractivity contribution in [3.63, 3.8) is 0 Å². The maximum Gasteiger partial charge on any atom is 0.426 e. The number of anilines is 1. The van der Waals surface area contributed by atoms with Crippen LogP contribution in [0.4, 0.5) is 18.9 Å². The summed E-state index contributed by atoms with van der Waals surface area (Å²) in [5.41, 5.74) is 3.33. The molecule has 0 amide bonds. The quantitative estimate of drug-likeness (QED) is 0.706. The van der Waals surface area contributed by atoms with Gasteiger partial charge in [0.2, 0.25) is 11.5 Å². The van der Waals surface area contributed by atoms with Gasteiger partial charge in [0.15, 0.2) is 5.69 Å². The Morgan fingerprint density at radius 3 is 2.74 bits per heavy atom. The van der Waals surface area contributed by atoms with Gasteiger partial charge < -0.3 is 24.7 Å². The van der Waals surface area contributed by atoms with Gasteiger partial charge in [0.05, 0.1) is 25.0 Å². The molecule has 0 aliphatic carbocycles. The van der Waals surface area contributed by atoms with E-state index in [-0.39, 0.29) is 42.5 Å². The highest BCUT2D eigenvalue weighted by molar-refractivity contribution is 5.67. The third-order valence-electron chi connectivity index (χ3n) is 4.24. The van der Waals surface area contributed by atoms with Crippen molar-refractivity contribution in [3.05, 3.63) is 17.5 Å². The highest BCUT2D eigenvalue weighted by atomic mass is 19.4. The van der Waals surface area contributed by atoms with Crippen LogP contribution in [-0.2, 0) is 10.3 Å². The summed E-state index contributed by atoms with van der Waals surface area (Å²) in [5.74, 6) is -1.10. The maximum absolute atomic E-state index is 13.5. The molecule has 3 rings (SSSR count). The summed E-state index contributed by atoms with van der Waals surface area (Å²) in [6.07, 6.45) is -5.72. The van der Waals surface area contributed by atoms with Crippen LogP contribution in [0, 0.1) is 6.92 Å². The average molecular weight is 388 g/mol. The van der Waals surface area contributed by atoms with Gasteiger partial charge in [-0.15, -0.1) is 10.2 Å². The number of hydrogen-bond acceptors (Lipinski definition) is 8. The number of nitrogen functional groups attached to an aromatic ring is 1. The minimum absolute atomic E-state index is 0.0145. The van der Waals surface area contributed by atoms with Crippen LogP contribution < -0.4 is 10.5 Å². The van der Waals surface area contributed by atoms with Gasteiger partial charge in [-0.2, -0.15) is 13.2 Å². The fraction of sp³-hybridized carbons (Fsp3) is 0.562. The summed E-state index contributed by atoms with van der Waals surface area (Å²) in [7, 11) is 0. The number of hydrogen-bond donors (Lipinski definition) is 2. The van der Waals surface area contributed by atoms with Crippen molar-refractivity contribution in [1.82, 2.24) is 15.2 Å². The van der Waals surface area contributed by atoms with E-state index >= 15 is 0 Å². The number of alkyl halides is 3. The van der Waals surface area contributed by atoms with Gasteiger partial charge in [-0.25, -0.2) is 4.98 Å². The van der Waals surface area contributed by atoms with Crippen molar-refractivity contribution in [2.45, 2.75) is 44.6 Å². The predicted molar refractivity (Wildman–Crippen MR) is 86.8 cm³/mol. The third kappa shape index (κ3) is 3.69. The van der Waals surface area contributed by atoms with Crippen LogP contribution in [0.3, 0.4) is 0 Å². The van der Waals surface area contributed by atoms with Gasteiger partial charge in [0.25, 0.3) is 11.8 Å². The number of aliphatic hydroxyl groups is 1. The predicted octanol–water partition coefficient (Wildman–Crippen LogP) is 2.35. The highest BCUT2D eigenvalue weighted by Crippen LogP contribution is 2.42. The van der Waals surface area contributed by atoms with Gasteiger partial charge in [-0.05, 0) is 19.9 Å². The minimum atomic E-state index is -5.04. The summed E-state index contributed by atoms with van der Waals surface area (Å²) in [6.45, 7) is 3.30.